The summed E-state index contributed by atoms with van der Waals surface area (Å²) < 4.78 is 4.94. The van der Waals surface area contributed by atoms with Gasteiger partial charge in [-0.1, -0.05) is 30.3 Å². The van der Waals surface area contributed by atoms with Crippen LogP contribution in [0.25, 0.3) is 0 Å². The second kappa shape index (κ2) is 5.40. The molecule has 1 aromatic carbocycles. The number of aliphatic hydroxyl groups is 1. The van der Waals surface area contributed by atoms with E-state index in [1.807, 2.05) is 30.3 Å². The van der Waals surface area contributed by atoms with E-state index in [1.165, 1.54) is 0 Å². The summed E-state index contributed by atoms with van der Waals surface area (Å²) in [5, 5.41) is 8.92. The van der Waals surface area contributed by atoms with Crippen molar-refractivity contribution in [3.8, 4) is 0 Å². The number of aliphatic hydroxyl groups excluding tert-OH is 1. The van der Waals surface area contributed by atoms with Crippen LogP contribution in [0.2, 0.25) is 0 Å². The third-order valence-corrected chi connectivity index (χ3v) is 1.70. The molecule has 1 atom stereocenters. The fraction of sp³-hybridized carbons (Fsp3) is 0.364. The molecule has 0 amide bonds. The molecule has 14 heavy (non-hydrogen) atoms. The highest BCUT2D eigenvalue weighted by molar-refractivity contribution is 5.69. The lowest BCUT2D eigenvalue weighted by Gasteiger charge is -2.05. The van der Waals surface area contributed by atoms with Gasteiger partial charge in [0.1, 0.15) is 6.61 Å². The minimum atomic E-state index is -0.640. The van der Waals surface area contributed by atoms with Crippen molar-refractivity contribution < 1.29 is 14.6 Å². The van der Waals surface area contributed by atoms with E-state index in [-0.39, 0.29) is 19.0 Å². The number of carbonyl (C=O) groups excluding carboxylic acids is 1. The van der Waals surface area contributed by atoms with Crippen molar-refractivity contribution in [2.45, 2.75) is 26.1 Å². The summed E-state index contributed by atoms with van der Waals surface area (Å²) in [5.41, 5.74) is 0.950. The van der Waals surface area contributed by atoms with Gasteiger partial charge in [-0.15, -0.1) is 0 Å². The topological polar surface area (TPSA) is 46.5 Å². The quantitative estimate of drug-likeness (QED) is 0.739. The number of hydrogen-bond donors (Lipinski definition) is 1. The smallest absolute Gasteiger partial charge is 0.308 e. The van der Waals surface area contributed by atoms with Crippen molar-refractivity contribution in [1.82, 2.24) is 0 Å². The third kappa shape index (κ3) is 4.05. The van der Waals surface area contributed by atoms with Gasteiger partial charge in [0.2, 0.25) is 0 Å². The van der Waals surface area contributed by atoms with Crippen molar-refractivity contribution in [3.05, 3.63) is 35.9 Å². The Morgan fingerprint density at radius 3 is 2.64 bits per heavy atom. The Morgan fingerprint density at radius 2 is 2.07 bits per heavy atom. The Balaban J connectivity index is 2.31. The fourth-order valence-corrected chi connectivity index (χ4v) is 1.04. The molecule has 0 aliphatic carbocycles. The average molecular weight is 194 g/mol. The minimum Gasteiger partial charge on any atom is -0.461 e. The van der Waals surface area contributed by atoms with Crippen molar-refractivity contribution in [2.24, 2.45) is 0 Å². The van der Waals surface area contributed by atoms with Gasteiger partial charge in [-0.05, 0) is 12.5 Å². The molecule has 0 heterocycles. The van der Waals surface area contributed by atoms with Crippen LogP contribution < -0.4 is 0 Å². The number of rotatable bonds is 4. The molecule has 3 nitrogen and oxygen atoms in total. The maximum atomic E-state index is 11.0. The monoisotopic (exact) mass is 194 g/mol. The minimum absolute atomic E-state index is 0.0484. The van der Waals surface area contributed by atoms with Gasteiger partial charge in [0, 0.05) is 0 Å². The van der Waals surface area contributed by atoms with E-state index in [4.69, 9.17) is 9.84 Å². The van der Waals surface area contributed by atoms with Crippen LogP contribution in [0.3, 0.4) is 0 Å². The molecule has 0 saturated carbocycles. The first-order chi connectivity index (χ1) is 6.68. The van der Waals surface area contributed by atoms with Gasteiger partial charge in [0.05, 0.1) is 12.5 Å². The standard InChI is InChI=1S/C11H14O3/c1-9(12)7-11(13)14-8-10-5-3-2-4-6-10/h2-6,9,12H,7-8H2,1H3. The maximum absolute atomic E-state index is 11.0. The summed E-state index contributed by atoms with van der Waals surface area (Å²) in [4.78, 5) is 11.0. The number of hydrogen-bond acceptors (Lipinski definition) is 3. The molecule has 1 aromatic rings. The lowest BCUT2D eigenvalue weighted by Crippen LogP contribution is -2.12. The maximum Gasteiger partial charge on any atom is 0.308 e. The fourth-order valence-electron chi connectivity index (χ4n) is 1.04. The molecule has 0 saturated heterocycles. The van der Waals surface area contributed by atoms with Crippen LogP contribution in [0.5, 0.6) is 0 Å². The normalized spacial score (nSPS) is 12.1. The molecule has 0 radical (unpaired) electrons. The summed E-state index contributed by atoms with van der Waals surface area (Å²) in [7, 11) is 0. The zero-order chi connectivity index (χ0) is 10.4. The average Bonchev–Trinajstić information content (AvgIpc) is 2.15. The number of esters is 1. The molecule has 1 N–H and O–H groups in total. The van der Waals surface area contributed by atoms with E-state index in [9.17, 15) is 4.79 Å². The van der Waals surface area contributed by atoms with Gasteiger partial charge in [-0.2, -0.15) is 0 Å². The SMILES string of the molecule is CC(O)CC(=O)OCc1ccccc1. The van der Waals surface area contributed by atoms with Gasteiger partial charge < -0.3 is 9.84 Å². The molecular weight excluding hydrogens is 180 g/mol. The first-order valence-electron chi connectivity index (χ1n) is 4.56. The van der Waals surface area contributed by atoms with Gasteiger partial charge >= 0.3 is 5.97 Å². The number of ether oxygens (including phenoxy) is 1. The van der Waals surface area contributed by atoms with Crippen LogP contribution in [-0.2, 0) is 16.1 Å². The largest absolute Gasteiger partial charge is 0.461 e. The molecule has 0 spiro atoms. The first-order valence-corrected chi connectivity index (χ1v) is 4.56. The van der Waals surface area contributed by atoms with Gasteiger partial charge in [0.15, 0.2) is 0 Å². The van der Waals surface area contributed by atoms with Crippen molar-refractivity contribution in [2.75, 3.05) is 0 Å². The highest BCUT2D eigenvalue weighted by Crippen LogP contribution is 2.02. The summed E-state index contributed by atoms with van der Waals surface area (Å²) in [6.07, 6.45) is -0.592. The van der Waals surface area contributed by atoms with Crippen LogP contribution >= 0.6 is 0 Å². The van der Waals surface area contributed by atoms with E-state index in [0.717, 1.165) is 5.56 Å². The van der Waals surface area contributed by atoms with Crippen LogP contribution in [0.15, 0.2) is 30.3 Å². The van der Waals surface area contributed by atoms with Crippen molar-refractivity contribution >= 4 is 5.97 Å². The molecule has 0 fully saturated rings. The van der Waals surface area contributed by atoms with Crippen LogP contribution in [0.1, 0.15) is 18.9 Å². The van der Waals surface area contributed by atoms with Crippen molar-refractivity contribution in [3.63, 3.8) is 0 Å². The summed E-state index contributed by atoms with van der Waals surface area (Å²) in [6, 6.07) is 9.45. The van der Waals surface area contributed by atoms with Gasteiger partial charge in [0.25, 0.3) is 0 Å². The highest BCUT2D eigenvalue weighted by atomic mass is 16.5. The Hall–Kier alpha value is -1.35. The second-order valence-electron chi connectivity index (χ2n) is 3.20. The van der Waals surface area contributed by atoms with E-state index >= 15 is 0 Å². The zero-order valence-corrected chi connectivity index (χ0v) is 8.14. The lowest BCUT2D eigenvalue weighted by atomic mass is 10.2. The predicted octanol–water partition coefficient (Wildman–Crippen LogP) is 1.50. The molecule has 1 rings (SSSR count). The molecule has 3 heteroatoms. The molecule has 76 valence electrons. The molecule has 0 bridgehead atoms. The Bertz CT molecular complexity index is 280. The number of carbonyl (C=O) groups is 1. The summed E-state index contributed by atoms with van der Waals surface area (Å²) in [5.74, 6) is -0.371. The molecule has 0 aromatic heterocycles. The second-order valence-corrected chi connectivity index (χ2v) is 3.20. The first kappa shape index (κ1) is 10.7. The van der Waals surface area contributed by atoms with E-state index < -0.39 is 6.10 Å². The van der Waals surface area contributed by atoms with E-state index in [0.29, 0.717) is 0 Å². The van der Waals surface area contributed by atoms with Crippen LogP contribution in [0.4, 0.5) is 0 Å². The van der Waals surface area contributed by atoms with Gasteiger partial charge in [-0.3, -0.25) is 4.79 Å². The molecule has 0 aliphatic heterocycles. The molecule has 0 aliphatic rings. The van der Waals surface area contributed by atoms with Crippen LogP contribution in [0, 0.1) is 0 Å². The van der Waals surface area contributed by atoms with Crippen molar-refractivity contribution in [1.29, 1.82) is 0 Å². The summed E-state index contributed by atoms with van der Waals surface area (Å²) >= 11 is 0. The Morgan fingerprint density at radius 1 is 1.43 bits per heavy atom. The number of benzene rings is 1. The lowest BCUT2D eigenvalue weighted by molar-refractivity contribution is -0.146. The zero-order valence-electron chi connectivity index (χ0n) is 8.14. The molecular formula is C11H14O3. The Labute approximate surface area is 83.3 Å². The van der Waals surface area contributed by atoms with Gasteiger partial charge in [-0.25, -0.2) is 0 Å². The predicted molar refractivity (Wildman–Crippen MR) is 52.5 cm³/mol. The Kier molecular flexibility index (Phi) is 4.13. The molecule has 1 unspecified atom stereocenters. The summed E-state index contributed by atoms with van der Waals surface area (Å²) in [6.45, 7) is 1.83. The van der Waals surface area contributed by atoms with E-state index in [2.05, 4.69) is 0 Å². The van der Waals surface area contributed by atoms with E-state index in [1.54, 1.807) is 6.92 Å². The highest BCUT2D eigenvalue weighted by Gasteiger charge is 2.06. The third-order valence-electron chi connectivity index (χ3n) is 1.70. The van der Waals surface area contributed by atoms with Crippen LogP contribution in [-0.4, -0.2) is 17.2 Å².